The third kappa shape index (κ3) is 5.88. The predicted octanol–water partition coefficient (Wildman–Crippen LogP) is 7.63. The van der Waals surface area contributed by atoms with E-state index in [0.29, 0.717) is 6.54 Å². The number of para-hydroxylation sites is 1. The van der Waals surface area contributed by atoms with Gasteiger partial charge in [-0.2, -0.15) is 0 Å². The van der Waals surface area contributed by atoms with Gasteiger partial charge in [0.15, 0.2) is 0 Å². The van der Waals surface area contributed by atoms with Gasteiger partial charge >= 0.3 is 11.9 Å². The van der Waals surface area contributed by atoms with Gasteiger partial charge in [-0.25, -0.2) is 4.98 Å². The predicted molar refractivity (Wildman–Crippen MR) is 165 cm³/mol. The summed E-state index contributed by atoms with van der Waals surface area (Å²) >= 11 is 0. The summed E-state index contributed by atoms with van der Waals surface area (Å²) in [6.45, 7) is 0.548. The molecule has 0 atom stereocenters. The van der Waals surface area contributed by atoms with Crippen LogP contribution in [-0.2, 0) is 29.0 Å². The Morgan fingerprint density at radius 3 is 1.90 bits per heavy atom. The molecular weight excluding hydrogens is 524 g/mol. The summed E-state index contributed by atoms with van der Waals surface area (Å²) in [6, 6.07) is 30.2. The zero-order valence-corrected chi connectivity index (χ0v) is 23.3. The highest BCUT2D eigenvalue weighted by Gasteiger charge is 2.17. The summed E-state index contributed by atoms with van der Waals surface area (Å²) in [4.78, 5) is 27.5. The summed E-state index contributed by atoms with van der Waals surface area (Å²) in [5.41, 5.74) is 10.2. The Morgan fingerprint density at radius 2 is 1.29 bits per heavy atom. The van der Waals surface area contributed by atoms with Crippen molar-refractivity contribution >= 4 is 28.5 Å². The van der Waals surface area contributed by atoms with Gasteiger partial charge in [0, 0.05) is 17.7 Å². The summed E-state index contributed by atoms with van der Waals surface area (Å²) in [5, 5.41) is 18.3. The van der Waals surface area contributed by atoms with Crippen LogP contribution in [0.3, 0.4) is 0 Å². The number of hydrogen-bond acceptors (Lipinski definition) is 3. The minimum Gasteiger partial charge on any atom is -0.481 e. The highest BCUT2D eigenvalue weighted by molar-refractivity contribution is 5.94. The van der Waals surface area contributed by atoms with Crippen LogP contribution in [0.1, 0.15) is 47.9 Å². The van der Waals surface area contributed by atoms with Crippen molar-refractivity contribution in [1.29, 1.82) is 0 Å². The second-order valence-corrected chi connectivity index (χ2v) is 10.9. The fourth-order valence-corrected chi connectivity index (χ4v) is 5.79. The second kappa shape index (κ2) is 11.9. The van der Waals surface area contributed by atoms with Crippen molar-refractivity contribution < 1.29 is 19.8 Å². The quantitative estimate of drug-likeness (QED) is 0.195. The lowest BCUT2D eigenvalue weighted by Crippen LogP contribution is -2.04. The van der Waals surface area contributed by atoms with E-state index in [9.17, 15) is 14.7 Å². The minimum atomic E-state index is -0.864. The minimum absolute atomic E-state index is 0.0122. The number of carboxylic acid groups (broad SMARTS) is 2. The van der Waals surface area contributed by atoms with Crippen molar-refractivity contribution in [3.05, 3.63) is 119 Å². The lowest BCUT2D eigenvalue weighted by molar-refractivity contribution is -0.137. The molecule has 0 fully saturated rings. The Hall–Kier alpha value is -4.97. The molecule has 5 aromatic rings. The number of allylic oxidation sites excluding steroid dienone is 2. The average Bonchev–Trinajstić information content (AvgIpc) is 3.37. The number of nitrogens with zero attached hydrogens (tertiary/aromatic N) is 2. The summed E-state index contributed by atoms with van der Waals surface area (Å²) in [5.74, 6) is -0.928. The second-order valence-electron chi connectivity index (χ2n) is 10.9. The van der Waals surface area contributed by atoms with Crippen molar-refractivity contribution in [3.8, 4) is 22.5 Å². The Bertz CT molecular complexity index is 1780. The maximum atomic E-state index is 11.2. The average molecular weight is 557 g/mol. The highest BCUT2D eigenvalue weighted by atomic mass is 16.4. The molecule has 42 heavy (non-hydrogen) atoms. The number of aromatic nitrogens is 2. The van der Waals surface area contributed by atoms with E-state index < -0.39 is 11.9 Å². The van der Waals surface area contributed by atoms with E-state index in [1.807, 2.05) is 48.5 Å². The largest absolute Gasteiger partial charge is 0.481 e. The first-order valence-corrected chi connectivity index (χ1v) is 14.3. The molecule has 210 valence electrons. The Morgan fingerprint density at radius 1 is 0.690 bits per heavy atom. The maximum Gasteiger partial charge on any atom is 0.307 e. The van der Waals surface area contributed by atoms with Crippen LogP contribution in [0, 0.1) is 0 Å². The molecule has 0 saturated heterocycles. The standard InChI is InChI=1S/C36H32N2O4/c39-33(40)21-24-9-11-26(12-10-24)23-38-32-8-4-7-31(29-19-17-28(18-20-29)27-5-2-1-3-6-27)35(32)37-36(38)30-15-13-25(14-16-30)22-34(41)42/h4-5,7-20H,1-3,6,21-23H2,(H,39,40)(H,41,42). The van der Waals surface area contributed by atoms with Crippen molar-refractivity contribution in [1.82, 2.24) is 9.55 Å². The number of carbonyl (C=O) groups is 2. The van der Waals surface area contributed by atoms with E-state index in [0.717, 1.165) is 63.1 Å². The molecule has 0 spiro atoms. The Kier molecular flexibility index (Phi) is 7.69. The third-order valence-electron chi connectivity index (χ3n) is 7.92. The van der Waals surface area contributed by atoms with E-state index in [1.165, 1.54) is 24.0 Å². The number of benzene rings is 4. The number of aliphatic carboxylic acids is 2. The van der Waals surface area contributed by atoms with E-state index in [4.69, 9.17) is 10.1 Å². The Balaban J connectivity index is 1.42. The fraction of sp³-hybridized carbons (Fsp3) is 0.194. The van der Waals surface area contributed by atoms with Gasteiger partial charge < -0.3 is 14.8 Å². The first-order valence-electron chi connectivity index (χ1n) is 14.3. The first kappa shape index (κ1) is 27.2. The van der Waals surface area contributed by atoms with Gasteiger partial charge in [0.05, 0.1) is 23.9 Å². The molecule has 1 aliphatic carbocycles. The molecular formula is C36H32N2O4. The molecule has 6 nitrogen and oxygen atoms in total. The zero-order valence-electron chi connectivity index (χ0n) is 23.3. The van der Waals surface area contributed by atoms with Gasteiger partial charge in [0.2, 0.25) is 0 Å². The van der Waals surface area contributed by atoms with Gasteiger partial charge in [-0.3, -0.25) is 9.59 Å². The molecule has 1 heterocycles. The normalized spacial score (nSPS) is 13.2. The summed E-state index contributed by atoms with van der Waals surface area (Å²) < 4.78 is 2.18. The zero-order chi connectivity index (χ0) is 29.1. The molecule has 6 heteroatoms. The number of carboxylic acids is 2. The molecule has 0 aliphatic heterocycles. The topological polar surface area (TPSA) is 92.4 Å². The van der Waals surface area contributed by atoms with Gasteiger partial charge in [0.25, 0.3) is 0 Å². The Labute approximate surface area is 244 Å². The van der Waals surface area contributed by atoms with Crippen LogP contribution in [0.15, 0.2) is 97.1 Å². The van der Waals surface area contributed by atoms with E-state index in [-0.39, 0.29) is 12.8 Å². The van der Waals surface area contributed by atoms with Crippen LogP contribution in [0.2, 0.25) is 0 Å². The van der Waals surface area contributed by atoms with Gasteiger partial charge in [-0.05, 0) is 65.1 Å². The summed E-state index contributed by atoms with van der Waals surface area (Å²) in [6.07, 6.45) is 7.11. The summed E-state index contributed by atoms with van der Waals surface area (Å²) in [7, 11) is 0. The smallest absolute Gasteiger partial charge is 0.307 e. The first-order chi connectivity index (χ1) is 20.4. The number of imidazole rings is 1. The van der Waals surface area contributed by atoms with Crippen molar-refractivity contribution in [3.63, 3.8) is 0 Å². The lowest BCUT2D eigenvalue weighted by atomic mass is 9.92. The van der Waals surface area contributed by atoms with Crippen LogP contribution in [0.25, 0.3) is 39.1 Å². The van der Waals surface area contributed by atoms with E-state index in [2.05, 4.69) is 53.1 Å². The highest BCUT2D eigenvalue weighted by Crippen LogP contribution is 2.34. The van der Waals surface area contributed by atoms with Crippen LogP contribution < -0.4 is 0 Å². The van der Waals surface area contributed by atoms with E-state index in [1.54, 1.807) is 0 Å². The van der Waals surface area contributed by atoms with Gasteiger partial charge in [-0.15, -0.1) is 0 Å². The van der Waals surface area contributed by atoms with Crippen molar-refractivity contribution in [2.24, 2.45) is 0 Å². The molecule has 0 unspecified atom stereocenters. The molecule has 0 amide bonds. The molecule has 1 aromatic heterocycles. The molecule has 6 rings (SSSR count). The monoisotopic (exact) mass is 556 g/mol. The molecule has 0 radical (unpaired) electrons. The van der Waals surface area contributed by atoms with Crippen molar-refractivity contribution in [2.75, 3.05) is 0 Å². The molecule has 0 bridgehead atoms. The number of fused-ring (bicyclic) bond motifs is 1. The molecule has 4 aromatic carbocycles. The lowest BCUT2D eigenvalue weighted by Gasteiger charge is -2.13. The fourth-order valence-electron chi connectivity index (χ4n) is 5.79. The SMILES string of the molecule is O=C(O)Cc1ccc(Cn2c(-c3ccc(CC(=O)O)cc3)nc3c(-c4ccc(C5=CCCCC5)cc4)cccc32)cc1. The van der Waals surface area contributed by atoms with Crippen LogP contribution >= 0.6 is 0 Å². The van der Waals surface area contributed by atoms with Crippen LogP contribution in [-0.4, -0.2) is 31.7 Å². The molecule has 0 saturated carbocycles. The number of hydrogen-bond donors (Lipinski definition) is 2. The third-order valence-corrected chi connectivity index (χ3v) is 7.92. The number of rotatable bonds is 9. The van der Waals surface area contributed by atoms with Crippen molar-refractivity contribution in [2.45, 2.75) is 45.1 Å². The maximum absolute atomic E-state index is 11.2. The van der Waals surface area contributed by atoms with Gasteiger partial charge in [-0.1, -0.05) is 91.0 Å². The van der Waals surface area contributed by atoms with Gasteiger partial charge in [0.1, 0.15) is 5.82 Å². The molecule has 2 N–H and O–H groups in total. The van der Waals surface area contributed by atoms with E-state index >= 15 is 0 Å². The van der Waals surface area contributed by atoms with Crippen LogP contribution in [0.5, 0.6) is 0 Å². The molecule has 1 aliphatic rings. The van der Waals surface area contributed by atoms with Crippen LogP contribution in [0.4, 0.5) is 0 Å².